The second kappa shape index (κ2) is 3.73. The van der Waals surface area contributed by atoms with E-state index in [0.717, 1.165) is 10.9 Å². The zero-order valence-electron chi connectivity index (χ0n) is 8.01. The molecule has 0 radical (unpaired) electrons. The number of halogens is 1. The maximum Gasteiger partial charge on any atom is 0.220 e. The highest BCUT2D eigenvalue weighted by Gasteiger charge is 2.22. The van der Waals surface area contributed by atoms with Crippen LogP contribution in [-0.2, 0) is 4.79 Å². The number of nitrogens with one attached hydrogen (secondary N) is 1. The van der Waals surface area contributed by atoms with Crippen LogP contribution in [0.3, 0.4) is 0 Å². The number of amides is 1. The Hall–Kier alpha value is -0.830. The molecule has 2 rings (SSSR count). The third-order valence-electron chi connectivity index (χ3n) is 2.59. The zero-order chi connectivity index (χ0) is 10.1. The molecular formula is C11H12BrNO. The van der Waals surface area contributed by atoms with E-state index in [9.17, 15) is 4.79 Å². The summed E-state index contributed by atoms with van der Waals surface area (Å²) in [6, 6.07) is 6.45. The number of hydrogen-bond donors (Lipinski definition) is 1. The van der Waals surface area contributed by atoms with Gasteiger partial charge in [0.15, 0.2) is 0 Å². The van der Waals surface area contributed by atoms with E-state index in [2.05, 4.69) is 46.4 Å². The molecule has 1 N–H and O–H groups in total. The third kappa shape index (κ3) is 1.82. The van der Waals surface area contributed by atoms with Gasteiger partial charge in [-0.05, 0) is 30.5 Å². The van der Waals surface area contributed by atoms with Crippen molar-refractivity contribution in [3.05, 3.63) is 33.8 Å². The predicted molar refractivity (Wildman–Crippen MR) is 59.0 cm³/mol. The average molecular weight is 254 g/mol. The molecule has 0 saturated carbocycles. The lowest BCUT2D eigenvalue weighted by Crippen LogP contribution is -2.18. The van der Waals surface area contributed by atoms with Crippen molar-refractivity contribution in [1.29, 1.82) is 0 Å². The van der Waals surface area contributed by atoms with Crippen molar-refractivity contribution in [3.8, 4) is 0 Å². The molecule has 1 saturated heterocycles. The third-order valence-corrected chi connectivity index (χ3v) is 3.45. The molecule has 1 aliphatic heterocycles. The first kappa shape index (κ1) is 9.71. The highest BCUT2D eigenvalue weighted by molar-refractivity contribution is 9.10. The normalized spacial score (nSPS) is 21.0. The molecule has 0 spiro atoms. The number of benzene rings is 1. The Kier molecular flexibility index (Phi) is 2.59. The van der Waals surface area contributed by atoms with Gasteiger partial charge in [0.1, 0.15) is 0 Å². The van der Waals surface area contributed by atoms with E-state index in [1.807, 2.05) is 0 Å². The fourth-order valence-corrected chi connectivity index (χ4v) is 2.09. The summed E-state index contributed by atoms with van der Waals surface area (Å²) in [5.41, 5.74) is 2.41. The quantitative estimate of drug-likeness (QED) is 0.820. The molecule has 0 aromatic heterocycles. The Balaban J connectivity index is 2.24. The minimum atomic E-state index is 0.159. The molecule has 2 nitrogen and oxygen atoms in total. The Morgan fingerprint density at radius 1 is 1.50 bits per heavy atom. The maximum atomic E-state index is 11.1. The molecule has 1 aromatic carbocycles. The summed E-state index contributed by atoms with van der Waals surface area (Å²) in [7, 11) is 0. The fraction of sp³-hybridized carbons (Fsp3) is 0.364. The molecule has 3 heteroatoms. The Morgan fingerprint density at radius 2 is 2.29 bits per heavy atom. The standard InChI is InChI=1S/C11H12BrNO/c1-7-2-3-8(6-9(7)12)10-4-5-11(14)13-10/h2-3,6,10H,4-5H2,1H3,(H,13,14)/t10-/m1/s1. The number of aryl methyl sites for hydroxylation is 1. The molecule has 1 aliphatic rings. The number of rotatable bonds is 1. The van der Waals surface area contributed by atoms with Crippen LogP contribution in [0.25, 0.3) is 0 Å². The number of carbonyl (C=O) groups is 1. The fourth-order valence-electron chi connectivity index (χ4n) is 1.69. The Labute approximate surface area is 91.8 Å². The highest BCUT2D eigenvalue weighted by Crippen LogP contribution is 2.27. The Morgan fingerprint density at radius 3 is 2.86 bits per heavy atom. The van der Waals surface area contributed by atoms with Crippen LogP contribution in [0.1, 0.15) is 30.0 Å². The highest BCUT2D eigenvalue weighted by atomic mass is 79.9. The topological polar surface area (TPSA) is 29.1 Å². The van der Waals surface area contributed by atoms with Gasteiger partial charge in [0.25, 0.3) is 0 Å². The number of carbonyl (C=O) groups excluding carboxylic acids is 1. The van der Waals surface area contributed by atoms with Gasteiger partial charge in [0, 0.05) is 10.9 Å². The van der Waals surface area contributed by atoms with Crippen LogP contribution in [0.2, 0.25) is 0 Å². The van der Waals surface area contributed by atoms with Gasteiger partial charge in [-0.3, -0.25) is 4.79 Å². The SMILES string of the molecule is Cc1ccc([C@H]2CCC(=O)N2)cc1Br. The molecule has 1 fully saturated rings. The van der Waals surface area contributed by atoms with Gasteiger partial charge in [-0.1, -0.05) is 28.1 Å². The molecule has 1 atom stereocenters. The van der Waals surface area contributed by atoms with Gasteiger partial charge in [0.2, 0.25) is 5.91 Å². The lowest BCUT2D eigenvalue weighted by Gasteiger charge is -2.11. The van der Waals surface area contributed by atoms with Crippen molar-refractivity contribution < 1.29 is 4.79 Å². The van der Waals surface area contributed by atoms with Gasteiger partial charge in [-0.15, -0.1) is 0 Å². The maximum absolute atomic E-state index is 11.1. The van der Waals surface area contributed by atoms with E-state index < -0.39 is 0 Å². The summed E-state index contributed by atoms with van der Waals surface area (Å²) in [5, 5.41) is 2.96. The largest absolute Gasteiger partial charge is 0.349 e. The van der Waals surface area contributed by atoms with Crippen molar-refractivity contribution in [3.63, 3.8) is 0 Å². The van der Waals surface area contributed by atoms with Crippen molar-refractivity contribution in [2.75, 3.05) is 0 Å². The first-order valence-corrected chi connectivity index (χ1v) is 5.51. The second-order valence-electron chi connectivity index (χ2n) is 3.67. The minimum Gasteiger partial charge on any atom is -0.349 e. The average Bonchev–Trinajstić information content (AvgIpc) is 2.57. The number of hydrogen-bond acceptors (Lipinski definition) is 1. The van der Waals surface area contributed by atoms with Crippen molar-refractivity contribution in [1.82, 2.24) is 5.32 Å². The second-order valence-corrected chi connectivity index (χ2v) is 4.52. The van der Waals surface area contributed by atoms with Crippen LogP contribution in [-0.4, -0.2) is 5.91 Å². The monoisotopic (exact) mass is 253 g/mol. The Bertz CT molecular complexity index is 376. The van der Waals surface area contributed by atoms with Crippen LogP contribution in [0, 0.1) is 6.92 Å². The van der Waals surface area contributed by atoms with E-state index in [1.165, 1.54) is 11.1 Å². The minimum absolute atomic E-state index is 0.159. The molecule has 0 bridgehead atoms. The summed E-state index contributed by atoms with van der Waals surface area (Å²) in [4.78, 5) is 11.1. The van der Waals surface area contributed by atoms with Crippen molar-refractivity contribution >= 4 is 21.8 Å². The molecule has 0 aliphatic carbocycles. The molecule has 1 heterocycles. The lowest BCUT2D eigenvalue weighted by atomic mass is 10.0. The van der Waals surface area contributed by atoms with E-state index >= 15 is 0 Å². The van der Waals surface area contributed by atoms with Crippen LogP contribution >= 0.6 is 15.9 Å². The predicted octanol–water partition coefficient (Wildman–Crippen LogP) is 2.71. The summed E-state index contributed by atoms with van der Waals surface area (Å²) >= 11 is 3.50. The summed E-state index contributed by atoms with van der Waals surface area (Å²) < 4.78 is 1.11. The smallest absolute Gasteiger partial charge is 0.220 e. The van der Waals surface area contributed by atoms with Crippen molar-refractivity contribution in [2.24, 2.45) is 0 Å². The van der Waals surface area contributed by atoms with Crippen LogP contribution in [0.5, 0.6) is 0 Å². The molecular weight excluding hydrogens is 242 g/mol. The van der Waals surface area contributed by atoms with E-state index in [0.29, 0.717) is 6.42 Å². The van der Waals surface area contributed by atoms with Gasteiger partial charge in [0.05, 0.1) is 6.04 Å². The molecule has 1 aromatic rings. The van der Waals surface area contributed by atoms with E-state index in [4.69, 9.17) is 0 Å². The van der Waals surface area contributed by atoms with Crippen LogP contribution in [0.4, 0.5) is 0 Å². The summed E-state index contributed by atoms with van der Waals surface area (Å²) in [6.45, 7) is 2.06. The van der Waals surface area contributed by atoms with Crippen LogP contribution in [0.15, 0.2) is 22.7 Å². The van der Waals surface area contributed by atoms with E-state index in [1.54, 1.807) is 0 Å². The first-order valence-electron chi connectivity index (χ1n) is 4.72. The van der Waals surface area contributed by atoms with Crippen molar-refractivity contribution in [2.45, 2.75) is 25.8 Å². The van der Waals surface area contributed by atoms with Gasteiger partial charge >= 0.3 is 0 Å². The summed E-state index contributed by atoms with van der Waals surface area (Å²) in [5.74, 6) is 0.159. The molecule has 1 amide bonds. The molecule has 74 valence electrons. The van der Waals surface area contributed by atoms with E-state index in [-0.39, 0.29) is 11.9 Å². The molecule has 14 heavy (non-hydrogen) atoms. The first-order chi connectivity index (χ1) is 6.66. The molecule has 0 unspecified atom stereocenters. The van der Waals surface area contributed by atoms with Crippen LogP contribution < -0.4 is 5.32 Å². The zero-order valence-corrected chi connectivity index (χ0v) is 9.60. The van der Waals surface area contributed by atoms with Gasteiger partial charge in [-0.25, -0.2) is 0 Å². The lowest BCUT2D eigenvalue weighted by molar-refractivity contribution is -0.119. The van der Waals surface area contributed by atoms with Gasteiger partial charge in [-0.2, -0.15) is 0 Å². The summed E-state index contributed by atoms with van der Waals surface area (Å²) in [6.07, 6.45) is 1.56. The van der Waals surface area contributed by atoms with Gasteiger partial charge < -0.3 is 5.32 Å².